The monoisotopic (exact) mass is 683 g/mol. The molecule has 5 amide bonds. The lowest BCUT2D eigenvalue weighted by atomic mass is 10.0. The zero-order valence-electron chi connectivity index (χ0n) is 28.4. The van der Waals surface area contributed by atoms with E-state index in [1.807, 2.05) is 50.2 Å². The fourth-order valence-corrected chi connectivity index (χ4v) is 5.54. The van der Waals surface area contributed by atoms with E-state index in [2.05, 4.69) is 36.5 Å². The van der Waals surface area contributed by atoms with Crippen molar-refractivity contribution in [2.24, 2.45) is 5.92 Å². The number of rotatable bonds is 6. The number of hydrogen-bond donors (Lipinski definition) is 4. The van der Waals surface area contributed by atoms with Crippen molar-refractivity contribution >= 4 is 29.5 Å². The first-order valence-electron chi connectivity index (χ1n) is 16.4. The lowest BCUT2D eigenvalue weighted by Gasteiger charge is -2.26. The Bertz CT molecular complexity index is 1820. The molecule has 0 saturated carbocycles. The largest absolute Gasteiger partial charge is 0.359 e. The third kappa shape index (κ3) is 8.78. The third-order valence-electron chi connectivity index (χ3n) is 8.21. The zero-order chi connectivity index (χ0) is 35.8. The van der Waals surface area contributed by atoms with Crippen molar-refractivity contribution in [1.82, 2.24) is 46.1 Å². The quantitative estimate of drug-likeness (QED) is 0.234. The second-order valence-electron chi connectivity index (χ2n) is 12.6. The van der Waals surface area contributed by atoms with Crippen molar-refractivity contribution in [2.75, 3.05) is 13.1 Å². The van der Waals surface area contributed by atoms with Crippen LogP contribution in [0.2, 0.25) is 0 Å². The van der Waals surface area contributed by atoms with Crippen LogP contribution < -0.4 is 21.3 Å². The van der Waals surface area contributed by atoms with Gasteiger partial charge in [-0.3, -0.25) is 24.0 Å². The number of nitrogens with one attached hydrogen (secondary N) is 4. The maximum Gasteiger partial charge on any atom is 0.274 e. The highest BCUT2D eigenvalue weighted by molar-refractivity contribution is 5.98. The van der Waals surface area contributed by atoms with Crippen LogP contribution in [0.1, 0.15) is 65.1 Å². The van der Waals surface area contributed by atoms with Gasteiger partial charge in [0, 0.05) is 31.8 Å². The first-order valence-corrected chi connectivity index (χ1v) is 16.4. The van der Waals surface area contributed by atoms with Crippen LogP contribution in [0.3, 0.4) is 0 Å². The standard InChI is InChI=1S/C35H41N9O6/c1-21(2)16-27-33(47)41-28(17-24-10-6-5-7-11-24)32(46)37-14-15-43(20-25-18-29(42-50-25)34(48)39-22(3)31(45)40-27)35(49)26-19-38-44(23(26)4)30-12-8-9-13-36-30/h5-13,18-19,21-22,27-28H,14-17,20H2,1-4H3,(H,37,46)(H,39,48)(H,40,45)(H,41,47)/t22-,27-,28-/m1/s1. The maximum absolute atomic E-state index is 14.0. The van der Waals surface area contributed by atoms with Crippen molar-refractivity contribution in [2.45, 2.75) is 65.2 Å². The molecule has 15 nitrogen and oxygen atoms in total. The van der Waals surface area contributed by atoms with E-state index in [9.17, 15) is 24.0 Å². The molecular formula is C35H41N9O6. The third-order valence-corrected chi connectivity index (χ3v) is 8.21. The predicted octanol–water partition coefficient (Wildman–Crippen LogP) is 1.71. The van der Waals surface area contributed by atoms with Crippen LogP contribution in [-0.2, 0) is 27.3 Å². The van der Waals surface area contributed by atoms with Gasteiger partial charge in [-0.25, -0.2) is 9.67 Å². The van der Waals surface area contributed by atoms with Gasteiger partial charge in [0.05, 0.1) is 24.0 Å². The molecule has 0 unspecified atom stereocenters. The van der Waals surface area contributed by atoms with E-state index in [1.54, 1.807) is 29.9 Å². The molecule has 3 aromatic heterocycles. The summed E-state index contributed by atoms with van der Waals surface area (Å²) >= 11 is 0. The Morgan fingerprint density at radius 3 is 2.42 bits per heavy atom. The summed E-state index contributed by atoms with van der Waals surface area (Å²) in [6.07, 6.45) is 3.54. The molecule has 1 aliphatic rings. The number of aromatic nitrogens is 4. The van der Waals surface area contributed by atoms with Gasteiger partial charge < -0.3 is 30.7 Å². The Morgan fingerprint density at radius 2 is 1.70 bits per heavy atom. The van der Waals surface area contributed by atoms with Gasteiger partial charge in [0.1, 0.15) is 18.1 Å². The summed E-state index contributed by atoms with van der Waals surface area (Å²) in [6, 6.07) is 13.0. The molecule has 0 saturated heterocycles. The Balaban J connectivity index is 1.45. The van der Waals surface area contributed by atoms with Crippen LogP contribution in [0.15, 0.2) is 71.5 Å². The first-order chi connectivity index (χ1) is 24.0. The van der Waals surface area contributed by atoms with Crippen LogP contribution in [0.4, 0.5) is 0 Å². The maximum atomic E-state index is 14.0. The Kier molecular flexibility index (Phi) is 11.4. The number of pyridine rings is 1. The van der Waals surface area contributed by atoms with Crippen LogP contribution >= 0.6 is 0 Å². The van der Waals surface area contributed by atoms with Gasteiger partial charge in [-0.15, -0.1) is 0 Å². The smallest absolute Gasteiger partial charge is 0.274 e. The molecule has 15 heteroatoms. The summed E-state index contributed by atoms with van der Waals surface area (Å²) in [5.74, 6) is -1.92. The lowest BCUT2D eigenvalue weighted by molar-refractivity contribution is -0.132. The number of carbonyl (C=O) groups excluding carboxylic acids is 5. The minimum absolute atomic E-state index is 0.0182. The van der Waals surface area contributed by atoms with Gasteiger partial charge in [-0.1, -0.05) is 55.4 Å². The van der Waals surface area contributed by atoms with Crippen LogP contribution in [-0.4, -0.2) is 85.6 Å². The summed E-state index contributed by atoms with van der Waals surface area (Å²) in [6.45, 7) is 7.00. The molecule has 5 rings (SSSR count). The van der Waals surface area contributed by atoms with Gasteiger partial charge in [-0.2, -0.15) is 5.10 Å². The van der Waals surface area contributed by atoms with Crippen molar-refractivity contribution in [3.63, 3.8) is 0 Å². The van der Waals surface area contributed by atoms with Gasteiger partial charge in [0.15, 0.2) is 17.3 Å². The highest BCUT2D eigenvalue weighted by Gasteiger charge is 2.31. The van der Waals surface area contributed by atoms with Gasteiger partial charge >= 0.3 is 0 Å². The van der Waals surface area contributed by atoms with Crippen molar-refractivity contribution in [3.8, 4) is 5.82 Å². The molecule has 1 aliphatic heterocycles. The fourth-order valence-electron chi connectivity index (χ4n) is 5.54. The minimum Gasteiger partial charge on any atom is -0.359 e. The van der Waals surface area contributed by atoms with E-state index in [-0.39, 0.29) is 49.8 Å². The molecular weight excluding hydrogens is 642 g/mol. The second kappa shape index (κ2) is 16.0. The Morgan fingerprint density at radius 1 is 0.960 bits per heavy atom. The van der Waals surface area contributed by atoms with E-state index in [0.29, 0.717) is 17.1 Å². The summed E-state index contributed by atoms with van der Waals surface area (Å²) < 4.78 is 6.99. The summed E-state index contributed by atoms with van der Waals surface area (Å²) in [4.78, 5) is 73.3. The summed E-state index contributed by atoms with van der Waals surface area (Å²) in [7, 11) is 0. The van der Waals surface area contributed by atoms with E-state index in [0.717, 1.165) is 5.56 Å². The number of amides is 5. The Hall–Kier alpha value is -5.86. The number of carbonyl (C=O) groups is 5. The molecule has 1 aromatic carbocycles. The molecule has 0 aliphatic carbocycles. The first kappa shape index (κ1) is 35.4. The number of benzene rings is 1. The summed E-state index contributed by atoms with van der Waals surface area (Å²) in [5.41, 5.74) is 1.56. The van der Waals surface area contributed by atoms with E-state index < -0.39 is 47.7 Å². The molecule has 0 fully saturated rings. The number of nitrogens with zero attached hydrogens (tertiary/aromatic N) is 5. The van der Waals surface area contributed by atoms with Crippen LogP contribution in [0.5, 0.6) is 0 Å². The molecule has 0 radical (unpaired) electrons. The fraction of sp³-hybridized carbons (Fsp3) is 0.371. The molecule has 4 aromatic rings. The topological polar surface area (TPSA) is 193 Å². The lowest BCUT2D eigenvalue weighted by Crippen LogP contribution is -2.57. The number of hydrogen-bond acceptors (Lipinski definition) is 9. The summed E-state index contributed by atoms with van der Waals surface area (Å²) in [5, 5.41) is 19.2. The molecule has 0 spiro atoms. The van der Waals surface area contributed by atoms with Gasteiger partial charge in [-0.05, 0) is 43.9 Å². The Labute approximate surface area is 289 Å². The minimum atomic E-state index is -1.04. The zero-order valence-corrected chi connectivity index (χ0v) is 28.4. The molecule has 4 heterocycles. The highest BCUT2D eigenvalue weighted by atomic mass is 16.5. The van der Waals surface area contributed by atoms with E-state index in [4.69, 9.17) is 4.52 Å². The van der Waals surface area contributed by atoms with Crippen molar-refractivity contribution < 1.29 is 28.5 Å². The SMILES string of the molecule is Cc1c(C(=O)N2CCNC(=O)[C@@H](Cc3ccccc3)NC(=O)[C@@H](CC(C)C)NC(=O)[C@@H](C)NC(=O)c3cc(on3)C2)cnn1-c1ccccn1. The normalized spacial score (nSPS) is 19.5. The highest BCUT2D eigenvalue weighted by Crippen LogP contribution is 2.17. The molecule has 3 atom stereocenters. The second-order valence-corrected chi connectivity index (χ2v) is 12.6. The van der Waals surface area contributed by atoms with Crippen molar-refractivity contribution in [3.05, 3.63) is 95.3 Å². The van der Waals surface area contributed by atoms with Crippen LogP contribution in [0, 0.1) is 12.8 Å². The van der Waals surface area contributed by atoms with E-state index in [1.165, 1.54) is 24.1 Å². The average molecular weight is 684 g/mol. The molecule has 50 heavy (non-hydrogen) atoms. The molecule has 262 valence electrons. The predicted molar refractivity (Wildman–Crippen MR) is 181 cm³/mol. The average Bonchev–Trinajstić information content (AvgIpc) is 3.73. The van der Waals surface area contributed by atoms with Gasteiger partial charge in [0.2, 0.25) is 17.7 Å². The molecule has 4 N–H and O–H groups in total. The van der Waals surface area contributed by atoms with Gasteiger partial charge in [0.25, 0.3) is 11.8 Å². The van der Waals surface area contributed by atoms with Crippen molar-refractivity contribution in [1.29, 1.82) is 0 Å². The van der Waals surface area contributed by atoms with Crippen LogP contribution in [0.25, 0.3) is 5.82 Å². The number of fused-ring (bicyclic) bond motifs is 2. The van der Waals surface area contributed by atoms with E-state index >= 15 is 0 Å². The molecule has 2 bridgehead atoms.